The molecule has 0 bridgehead atoms. The molecule has 0 atom stereocenters. The molecule has 3 rings (SSSR count). The van der Waals surface area contributed by atoms with Crippen molar-refractivity contribution in [2.75, 3.05) is 44.4 Å². The Morgan fingerprint density at radius 3 is 2.37 bits per heavy atom. The Labute approximate surface area is 193 Å². The third-order valence-corrected chi connectivity index (χ3v) is 7.34. The molecular formula is C19H24ClFIN4O3P. The van der Waals surface area contributed by atoms with Gasteiger partial charge in [0.05, 0.1) is 8.59 Å². The number of hydrogen-bond donors (Lipinski definition) is 0. The summed E-state index contributed by atoms with van der Waals surface area (Å²) in [4.78, 5) is 24.7. The highest BCUT2D eigenvalue weighted by molar-refractivity contribution is 14.1. The number of ether oxygens (including phenoxy) is 1. The number of amides is 1. The van der Waals surface area contributed by atoms with Gasteiger partial charge in [-0.2, -0.15) is 0 Å². The van der Waals surface area contributed by atoms with E-state index < -0.39 is 18.6 Å². The summed E-state index contributed by atoms with van der Waals surface area (Å²) in [5, 5.41) is 0.725. The van der Waals surface area contributed by atoms with Crippen LogP contribution in [0.15, 0.2) is 6.07 Å². The monoisotopic (exact) mass is 568 g/mol. The number of fused-ring (bicyclic) bond motifs is 1. The van der Waals surface area contributed by atoms with Gasteiger partial charge >= 0.3 is 6.09 Å². The zero-order chi connectivity index (χ0) is 22.4. The molecule has 0 radical (unpaired) electrons. The lowest BCUT2D eigenvalue weighted by molar-refractivity contribution is 0.0240. The largest absolute Gasteiger partial charge is 0.444 e. The molecule has 0 aliphatic carbocycles. The van der Waals surface area contributed by atoms with E-state index in [0.29, 0.717) is 37.4 Å². The topological polar surface area (TPSA) is 75.6 Å². The Bertz CT molecular complexity index is 1050. The van der Waals surface area contributed by atoms with Crippen molar-refractivity contribution in [3.8, 4) is 0 Å². The van der Waals surface area contributed by atoms with Gasteiger partial charge < -0.3 is 19.1 Å². The molecule has 0 saturated carbocycles. The van der Waals surface area contributed by atoms with Crippen LogP contribution < -0.4 is 10.5 Å². The third-order valence-electron chi connectivity index (χ3n) is 4.51. The predicted molar refractivity (Wildman–Crippen MR) is 126 cm³/mol. The highest BCUT2D eigenvalue weighted by Crippen LogP contribution is 2.37. The number of rotatable bonds is 2. The fourth-order valence-electron chi connectivity index (χ4n) is 3.05. The molecule has 164 valence electrons. The van der Waals surface area contributed by atoms with Gasteiger partial charge in [-0.1, -0.05) is 11.6 Å². The van der Waals surface area contributed by atoms with Crippen molar-refractivity contribution in [1.29, 1.82) is 0 Å². The van der Waals surface area contributed by atoms with Crippen LogP contribution in [0.2, 0.25) is 5.02 Å². The Morgan fingerprint density at radius 1 is 1.23 bits per heavy atom. The summed E-state index contributed by atoms with van der Waals surface area (Å²) in [5.74, 6) is -0.0798. The van der Waals surface area contributed by atoms with Gasteiger partial charge in [0.15, 0.2) is 11.4 Å². The van der Waals surface area contributed by atoms with Crippen LogP contribution in [0, 0.1) is 9.39 Å². The van der Waals surface area contributed by atoms with Gasteiger partial charge in [0, 0.05) is 31.6 Å². The van der Waals surface area contributed by atoms with Gasteiger partial charge in [0.25, 0.3) is 0 Å². The van der Waals surface area contributed by atoms with E-state index in [-0.39, 0.29) is 25.8 Å². The van der Waals surface area contributed by atoms with Crippen molar-refractivity contribution in [3.63, 3.8) is 0 Å². The Balaban J connectivity index is 1.98. The van der Waals surface area contributed by atoms with Crippen LogP contribution in [0.4, 0.5) is 15.0 Å². The molecule has 1 aromatic carbocycles. The molecule has 0 unspecified atom stereocenters. The fraction of sp³-hybridized carbons (Fsp3) is 0.526. The number of hydrogen-bond acceptors (Lipinski definition) is 6. The SMILES string of the molecule is CC(C)(C)OC(=O)N1CCN(c2nc(P(C)(C)=O)nc3c(F)c(I)c(Cl)cc23)CC1. The summed E-state index contributed by atoms with van der Waals surface area (Å²) in [5.41, 5.74) is -0.347. The van der Waals surface area contributed by atoms with E-state index in [0.717, 1.165) is 0 Å². The van der Waals surface area contributed by atoms with Gasteiger partial charge in [-0.25, -0.2) is 19.2 Å². The molecule has 30 heavy (non-hydrogen) atoms. The van der Waals surface area contributed by atoms with E-state index in [1.54, 1.807) is 24.3 Å². The van der Waals surface area contributed by atoms with E-state index in [1.165, 1.54) is 0 Å². The number of benzene rings is 1. The second kappa shape index (κ2) is 8.39. The average molecular weight is 569 g/mol. The van der Waals surface area contributed by atoms with Crippen LogP contribution in [0.3, 0.4) is 0 Å². The molecule has 1 saturated heterocycles. The van der Waals surface area contributed by atoms with Crippen molar-refractivity contribution in [2.24, 2.45) is 0 Å². The standard InChI is InChI=1S/C19H24ClFIN4O3P/c1-19(2,3)29-18(27)26-8-6-25(7-9-26)16-11-10-12(20)14(22)13(21)15(11)23-17(24-16)30(4,5)28/h10H,6-9H2,1-5H3. The van der Waals surface area contributed by atoms with Crippen molar-refractivity contribution >= 4 is 69.7 Å². The number of halogens is 3. The third kappa shape index (κ3) is 4.99. The second-order valence-corrected chi connectivity index (χ2v) is 13.1. The lowest BCUT2D eigenvalue weighted by Gasteiger charge is -2.36. The fourth-order valence-corrected chi connectivity index (χ4v) is 4.33. The van der Waals surface area contributed by atoms with E-state index in [2.05, 4.69) is 9.97 Å². The summed E-state index contributed by atoms with van der Waals surface area (Å²) in [6, 6.07) is 1.64. The first-order valence-electron chi connectivity index (χ1n) is 9.41. The minimum atomic E-state index is -2.83. The lowest BCUT2D eigenvalue weighted by Crippen LogP contribution is -2.50. The smallest absolute Gasteiger partial charge is 0.410 e. The van der Waals surface area contributed by atoms with Crippen LogP contribution in [-0.2, 0) is 9.30 Å². The van der Waals surface area contributed by atoms with Gasteiger partial charge in [0.2, 0.25) is 0 Å². The van der Waals surface area contributed by atoms with Gasteiger partial charge in [-0.3, -0.25) is 0 Å². The van der Waals surface area contributed by atoms with Crippen molar-refractivity contribution in [3.05, 3.63) is 20.5 Å². The Morgan fingerprint density at radius 2 is 1.83 bits per heavy atom. The molecule has 1 aliphatic rings. The molecule has 0 spiro atoms. The Hall–Kier alpha value is -1.19. The number of aromatic nitrogens is 2. The number of carbonyl (C=O) groups excluding carboxylic acids is 1. The first kappa shape index (κ1) is 23.5. The molecule has 1 aliphatic heterocycles. The summed E-state index contributed by atoms with van der Waals surface area (Å²) in [6.45, 7) is 10.4. The van der Waals surface area contributed by atoms with Crippen molar-refractivity contribution in [2.45, 2.75) is 26.4 Å². The number of piperazine rings is 1. The molecule has 11 heteroatoms. The maximum Gasteiger partial charge on any atom is 0.410 e. The van der Waals surface area contributed by atoms with Crippen LogP contribution in [0.25, 0.3) is 10.9 Å². The lowest BCUT2D eigenvalue weighted by atomic mass is 10.2. The molecule has 0 N–H and O–H groups in total. The highest BCUT2D eigenvalue weighted by Gasteiger charge is 2.29. The first-order valence-corrected chi connectivity index (χ1v) is 13.5. The molecular weight excluding hydrogens is 545 g/mol. The normalized spacial score (nSPS) is 15.6. The zero-order valence-electron chi connectivity index (χ0n) is 17.5. The number of nitrogens with zero attached hydrogens (tertiary/aromatic N) is 4. The summed E-state index contributed by atoms with van der Waals surface area (Å²) in [6.07, 6.45) is -0.370. The number of carbonyl (C=O) groups is 1. The van der Waals surface area contributed by atoms with Crippen LogP contribution in [-0.4, -0.2) is 66.1 Å². The highest BCUT2D eigenvalue weighted by atomic mass is 127. The van der Waals surface area contributed by atoms with E-state index in [4.69, 9.17) is 16.3 Å². The number of anilines is 1. The molecule has 7 nitrogen and oxygen atoms in total. The zero-order valence-corrected chi connectivity index (χ0v) is 21.3. The quantitative estimate of drug-likeness (QED) is 0.305. The second-order valence-electron chi connectivity index (χ2n) is 8.54. The summed E-state index contributed by atoms with van der Waals surface area (Å²) in [7, 11) is -2.83. The average Bonchev–Trinajstić information content (AvgIpc) is 2.63. The Kier molecular flexibility index (Phi) is 6.56. The van der Waals surface area contributed by atoms with Crippen LogP contribution >= 0.6 is 41.3 Å². The summed E-state index contributed by atoms with van der Waals surface area (Å²) >= 11 is 8.04. The van der Waals surface area contributed by atoms with Gasteiger partial charge in [-0.15, -0.1) is 0 Å². The van der Waals surface area contributed by atoms with Crippen LogP contribution in [0.1, 0.15) is 20.8 Å². The first-order chi connectivity index (χ1) is 13.8. The van der Waals surface area contributed by atoms with E-state index in [9.17, 15) is 13.8 Å². The molecule has 2 aromatic rings. The predicted octanol–water partition coefficient (Wildman–Crippen LogP) is 4.33. The van der Waals surface area contributed by atoms with Crippen molar-refractivity contribution in [1.82, 2.24) is 14.9 Å². The minimum Gasteiger partial charge on any atom is -0.444 e. The van der Waals surface area contributed by atoms with Gasteiger partial charge in [0.1, 0.15) is 24.1 Å². The molecule has 2 heterocycles. The van der Waals surface area contributed by atoms with Gasteiger partial charge in [-0.05, 0) is 62.8 Å². The minimum absolute atomic E-state index is 0.0993. The van der Waals surface area contributed by atoms with Crippen molar-refractivity contribution < 1.29 is 18.5 Å². The molecule has 1 fully saturated rings. The van der Waals surface area contributed by atoms with E-state index in [1.807, 2.05) is 48.3 Å². The van der Waals surface area contributed by atoms with E-state index >= 15 is 0 Å². The molecule has 1 amide bonds. The summed E-state index contributed by atoms with van der Waals surface area (Å²) < 4.78 is 33.3. The molecule has 1 aromatic heterocycles. The van der Waals surface area contributed by atoms with Crippen LogP contribution in [0.5, 0.6) is 0 Å². The maximum atomic E-state index is 14.9. The maximum absolute atomic E-state index is 14.9.